The Morgan fingerprint density at radius 1 is 1.31 bits per heavy atom. The van der Waals surface area contributed by atoms with Gasteiger partial charge in [0.05, 0.1) is 11.9 Å². The summed E-state index contributed by atoms with van der Waals surface area (Å²) in [5, 5.41) is 10.1. The number of benzene rings is 1. The summed E-state index contributed by atoms with van der Waals surface area (Å²) in [4.78, 5) is 17.9. The van der Waals surface area contributed by atoms with Crippen LogP contribution in [0.4, 0.5) is 4.79 Å². The smallest absolute Gasteiger partial charge is 0.408 e. The highest BCUT2D eigenvalue weighted by molar-refractivity contribution is 7.89. The summed E-state index contributed by atoms with van der Waals surface area (Å²) in [5.74, 6) is -0.229. The molecule has 0 bridgehead atoms. The van der Waals surface area contributed by atoms with Gasteiger partial charge in [-0.05, 0) is 38.3 Å². The van der Waals surface area contributed by atoms with Crippen molar-refractivity contribution in [3.8, 4) is 0 Å². The van der Waals surface area contributed by atoms with Gasteiger partial charge in [-0.1, -0.05) is 24.3 Å². The third kappa shape index (κ3) is 2.95. The average Bonchev–Trinajstić information content (AvgIpc) is 3.25. The molecule has 0 radical (unpaired) electrons. The summed E-state index contributed by atoms with van der Waals surface area (Å²) in [6.07, 6.45) is 2.38. The molecule has 156 valence electrons. The number of sulfonamides is 1. The van der Waals surface area contributed by atoms with E-state index < -0.39 is 27.2 Å². The van der Waals surface area contributed by atoms with E-state index in [1.54, 1.807) is 11.6 Å². The number of nitrogens with zero attached hydrogens (tertiary/aromatic N) is 4. The first-order valence-corrected chi connectivity index (χ1v) is 11.0. The number of aryl methyl sites for hydroxylation is 1. The van der Waals surface area contributed by atoms with Gasteiger partial charge in [0.2, 0.25) is 0 Å². The summed E-state index contributed by atoms with van der Waals surface area (Å²) in [5.41, 5.74) is 0.580. The van der Waals surface area contributed by atoms with Gasteiger partial charge in [0, 0.05) is 37.8 Å². The minimum absolute atomic E-state index is 0.0129. The molecule has 1 N–H and O–H groups in total. The van der Waals surface area contributed by atoms with Crippen LogP contribution >= 0.6 is 0 Å². The minimum atomic E-state index is -3.82. The average molecular weight is 419 g/mol. The van der Waals surface area contributed by atoms with Gasteiger partial charge in [-0.2, -0.15) is 4.31 Å². The van der Waals surface area contributed by atoms with Gasteiger partial charge in [-0.3, -0.25) is 4.90 Å². The first kappa shape index (κ1) is 19.9. The molecule has 2 atom stereocenters. The molecule has 4 rings (SSSR count). The lowest BCUT2D eigenvalue weighted by molar-refractivity contribution is 0.0197. The molecule has 1 fully saturated rings. The Kier molecular flexibility index (Phi) is 4.33. The van der Waals surface area contributed by atoms with Crippen molar-refractivity contribution in [1.29, 1.82) is 0 Å². The highest BCUT2D eigenvalue weighted by Gasteiger charge is 2.61. The molecule has 2 aromatic rings. The highest BCUT2D eigenvalue weighted by Crippen LogP contribution is 2.52. The summed E-state index contributed by atoms with van der Waals surface area (Å²) in [7, 11) is -2.11. The number of amides is 1. The Morgan fingerprint density at radius 2 is 2.00 bits per heavy atom. The molecule has 2 aliphatic rings. The first-order chi connectivity index (χ1) is 13.5. The van der Waals surface area contributed by atoms with E-state index in [9.17, 15) is 18.3 Å². The van der Waals surface area contributed by atoms with Gasteiger partial charge in [-0.15, -0.1) is 0 Å². The van der Waals surface area contributed by atoms with Crippen LogP contribution in [-0.4, -0.2) is 62.5 Å². The van der Waals surface area contributed by atoms with E-state index in [0.717, 1.165) is 11.1 Å². The molecule has 1 saturated heterocycles. The van der Waals surface area contributed by atoms with Gasteiger partial charge in [0.15, 0.2) is 5.03 Å². The van der Waals surface area contributed by atoms with E-state index in [-0.39, 0.29) is 24.0 Å². The van der Waals surface area contributed by atoms with Crippen LogP contribution in [0.1, 0.15) is 37.8 Å². The van der Waals surface area contributed by atoms with Gasteiger partial charge in [-0.25, -0.2) is 18.2 Å². The van der Waals surface area contributed by atoms with Crippen LogP contribution < -0.4 is 0 Å². The van der Waals surface area contributed by atoms with Crippen LogP contribution in [0.2, 0.25) is 0 Å². The molecular weight excluding hydrogens is 392 g/mol. The van der Waals surface area contributed by atoms with E-state index in [1.165, 1.54) is 21.7 Å². The fourth-order valence-electron chi connectivity index (χ4n) is 5.07. The second kappa shape index (κ2) is 6.30. The Labute approximate surface area is 170 Å². The zero-order valence-corrected chi connectivity index (χ0v) is 17.8. The maximum absolute atomic E-state index is 13.3. The first-order valence-electron chi connectivity index (χ1n) is 9.56. The molecule has 1 aromatic heterocycles. The lowest BCUT2D eigenvalue weighted by Crippen LogP contribution is -2.62. The maximum atomic E-state index is 13.3. The standard InChI is InChI=1S/C20H26N4O4S/c1-19(2,3)24(18(25)26)20-9-14-7-5-6-8-15(14)16(20)10-23(12-20)29(27,28)17-11-22(4)13-21-17/h5-8,11,13,16H,9-10,12H2,1-4H3,(H,25,26). The zero-order chi connectivity index (χ0) is 21.2. The fraction of sp³-hybridized carbons (Fsp3) is 0.500. The van der Waals surface area contributed by atoms with Crippen LogP contribution in [-0.2, 0) is 23.5 Å². The SMILES string of the molecule is Cn1cnc(S(=O)(=O)N2CC3c4ccccc4CC3(N(C(=O)O)C(C)(C)C)C2)c1. The van der Waals surface area contributed by atoms with Crippen LogP contribution in [0, 0.1) is 0 Å². The number of imidazole rings is 1. The lowest BCUT2D eigenvalue weighted by Gasteiger charge is -2.47. The molecule has 1 aliphatic carbocycles. The molecule has 2 unspecified atom stereocenters. The van der Waals surface area contributed by atoms with Crippen LogP contribution in [0.15, 0.2) is 41.8 Å². The maximum Gasteiger partial charge on any atom is 0.408 e. The topological polar surface area (TPSA) is 95.7 Å². The predicted molar refractivity (Wildman–Crippen MR) is 107 cm³/mol. The molecule has 0 spiro atoms. The number of carbonyl (C=O) groups is 1. The van der Waals surface area contributed by atoms with Gasteiger partial charge in [0.1, 0.15) is 0 Å². The summed E-state index contributed by atoms with van der Waals surface area (Å²) >= 11 is 0. The quantitative estimate of drug-likeness (QED) is 0.825. The van der Waals surface area contributed by atoms with Crippen LogP contribution in [0.5, 0.6) is 0 Å². The largest absolute Gasteiger partial charge is 0.465 e. The monoisotopic (exact) mass is 418 g/mol. The second-order valence-corrected chi connectivity index (χ2v) is 10.9. The molecule has 1 aliphatic heterocycles. The Bertz CT molecular complexity index is 1070. The molecule has 1 amide bonds. The molecule has 29 heavy (non-hydrogen) atoms. The van der Waals surface area contributed by atoms with Crippen LogP contribution in [0.3, 0.4) is 0 Å². The van der Waals surface area contributed by atoms with Gasteiger partial charge < -0.3 is 9.67 Å². The van der Waals surface area contributed by atoms with E-state index in [0.29, 0.717) is 6.42 Å². The number of fused-ring (bicyclic) bond motifs is 3. The number of aromatic nitrogens is 2. The van der Waals surface area contributed by atoms with Gasteiger partial charge >= 0.3 is 6.09 Å². The summed E-state index contributed by atoms with van der Waals surface area (Å²) < 4.78 is 29.5. The fourth-order valence-corrected chi connectivity index (χ4v) is 6.56. The number of carboxylic acid groups (broad SMARTS) is 1. The Balaban J connectivity index is 1.83. The van der Waals surface area contributed by atoms with Crippen molar-refractivity contribution < 1.29 is 18.3 Å². The zero-order valence-electron chi connectivity index (χ0n) is 17.0. The normalized spacial score (nSPS) is 24.3. The lowest BCUT2D eigenvalue weighted by atomic mass is 9.83. The minimum Gasteiger partial charge on any atom is -0.465 e. The number of hydrogen-bond acceptors (Lipinski definition) is 4. The van der Waals surface area contributed by atoms with Crippen molar-refractivity contribution in [2.45, 2.75) is 49.2 Å². The highest BCUT2D eigenvalue weighted by atomic mass is 32.2. The van der Waals surface area contributed by atoms with E-state index in [4.69, 9.17) is 0 Å². The predicted octanol–water partition coefficient (Wildman–Crippen LogP) is 2.28. The van der Waals surface area contributed by atoms with Crippen molar-refractivity contribution in [1.82, 2.24) is 18.8 Å². The number of rotatable bonds is 3. The van der Waals surface area contributed by atoms with Gasteiger partial charge in [0.25, 0.3) is 10.0 Å². The van der Waals surface area contributed by atoms with Crippen molar-refractivity contribution in [2.24, 2.45) is 7.05 Å². The second-order valence-electron chi connectivity index (χ2n) is 9.00. The van der Waals surface area contributed by atoms with E-state index in [2.05, 4.69) is 4.98 Å². The Hall–Kier alpha value is -2.39. The number of hydrogen-bond donors (Lipinski definition) is 1. The van der Waals surface area contributed by atoms with Crippen molar-refractivity contribution in [2.75, 3.05) is 13.1 Å². The third-order valence-corrected chi connectivity index (χ3v) is 7.70. The molecule has 2 heterocycles. The molecular formula is C20H26N4O4S. The summed E-state index contributed by atoms with van der Waals surface area (Å²) in [6, 6.07) is 7.86. The molecule has 0 saturated carbocycles. The molecule has 8 nitrogen and oxygen atoms in total. The van der Waals surface area contributed by atoms with Crippen molar-refractivity contribution in [3.63, 3.8) is 0 Å². The molecule has 1 aromatic carbocycles. The summed E-state index contributed by atoms with van der Waals surface area (Å²) in [6.45, 7) is 5.90. The van der Waals surface area contributed by atoms with Crippen molar-refractivity contribution in [3.05, 3.63) is 47.9 Å². The third-order valence-electron chi connectivity index (χ3n) is 6.00. The van der Waals surface area contributed by atoms with Crippen LogP contribution in [0.25, 0.3) is 0 Å². The van der Waals surface area contributed by atoms with E-state index in [1.807, 2.05) is 45.0 Å². The molecule has 9 heteroatoms. The Morgan fingerprint density at radius 3 is 2.59 bits per heavy atom. The van der Waals surface area contributed by atoms with Crippen molar-refractivity contribution >= 4 is 16.1 Å². The van der Waals surface area contributed by atoms with E-state index >= 15 is 0 Å².